The molecule has 4 aromatic rings. The molecule has 5 nitrogen and oxygen atoms in total. The number of hydrogen-bond acceptors (Lipinski definition) is 5. The first kappa shape index (κ1) is 20.9. The van der Waals surface area contributed by atoms with Crippen LogP contribution in [0.1, 0.15) is 49.3 Å². The summed E-state index contributed by atoms with van der Waals surface area (Å²) in [6, 6.07) is 15.6. The van der Waals surface area contributed by atoms with Crippen molar-refractivity contribution in [1.29, 1.82) is 0 Å². The molecule has 0 aliphatic heterocycles. The van der Waals surface area contributed by atoms with Crippen molar-refractivity contribution in [2.45, 2.75) is 33.7 Å². The number of amides is 1. The molecule has 1 amide bonds. The van der Waals surface area contributed by atoms with E-state index in [4.69, 9.17) is 4.42 Å². The molecule has 3 aromatic heterocycles. The Kier molecular flexibility index (Phi) is 5.91. The van der Waals surface area contributed by atoms with Crippen LogP contribution in [0.4, 0.5) is 10.8 Å². The molecule has 158 valence electrons. The van der Waals surface area contributed by atoms with Gasteiger partial charge >= 0.3 is 0 Å². The highest BCUT2D eigenvalue weighted by Gasteiger charge is 2.25. The number of thiophene rings is 1. The summed E-state index contributed by atoms with van der Waals surface area (Å²) >= 11 is 1.57. The monoisotopic (exact) mass is 431 g/mol. The molecule has 4 rings (SSSR count). The second-order valence-electron chi connectivity index (χ2n) is 7.66. The van der Waals surface area contributed by atoms with Crippen molar-refractivity contribution in [2.75, 3.05) is 10.6 Å². The number of anilines is 2. The Labute approximate surface area is 186 Å². The SMILES string of the molecule is Cc1ccc([C@H](Nc2cc(C)ccn2)c2c(NC(=O)c3ccco3)sc(C)c2C)cc1. The van der Waals surface area contributed by atoms with Gasteiger partial charge in [0, 0.05) is 16.6 Å². The van der Waals surface area contributed by atoms with Crippen LogP contribution < -0.4 is 10.6 Å². The molecule has 0 fully saturated rings. The lowest BCUT2D eigenvalue weighted by atomic mass is 9.95. The van der Waals surface area contributed by atoms with Crippen LogP contribution in [0.25, 0.3) is 0 Å². The number of pyridine rings is 1. The number of aromatic nitrogens is 1. The van der Waals surface area contributed by atoms with Crippen molar-refractivity contribution < 1.29 is 9.21 Å². The van der Waals surface area contributed by atoms with Crippen LogP contribution in [-0.4, -0.2) is 10.9 Å². The minimum atomic E-state index is -0.260. The van der Waals surface area contributed by atoms with Crippen molar-refractivity contribution in [3.63, 3.8) is 0 Å². The Balaban J connectivity index is 1.78. The lowest BCUT2D eigenvalue weighted by Gasteiger charge is -2.22. The Hall–Kier alpha value is -3.38. The number of carbonyl (C=O) groups is 1. The Morgan fingerprint density at radius 1 is 1.03 bits per heavy atom. The van der Waals surface area contributed by atoms with Crippen molar-refractivity contribution >= 4 is 28.1 Å². The summed E-state index contributed by atoms with van der Waals surface area (Å²) in [5.41, 5.74) is 5.61. The summed E-state index contributed by atoms with van der Waals surface area (Å²) in [6.07, 6.45) is 3.30. The standard InChI is InChI=1S/C25H25N3O2S/c1-15-7-9-19(10-8-15)23(27-21-14-16(2)11-12-26-21)22-17(3)18(4)31-25(22)28-24(29)20-6-5-13-30-20/h5-14,23H,1-4H3,(H,26,27)(H,28,29)/t23-/m0/s1. The molecular weight excluding hydrogens is 406 g/mol. The normalized spacial score (nSPS) is 11.9. The first-order valence-electron chi connectivity index (χ1n) is 10.1. The molecular formula is C25H25N3O2S. The Morgan fingerprint density at radius 2 is 1.81 bits per heavy atom. The first-order chi connectivity index (χ1) is 14.9. The molecule has 0 radical (unpaired) electrons. The molecule has 0 saturated heterocycles. The van der Waals surface area contributed by atoms with Gasteiger partial charge in [-0.05, 0) is 68.7 Å². The van der Waals surface area contributed by atoms with E-state index in [1.807, 2.05) is 19.1 Å². The minimum absolute atomic E-state index is 0.174. The summed E-state index contributed by atoms with van der Waals surface area (Å²) in [4.78, 5) is 18.4. The van der Waals surface area contributed by atoms with Gasteiger partial charge < -0.3 is 15.1 Å². The zero-order valence-corrected chi connectivity index (χ0v) is 18.8. The third-order valence-electron chi connectivity index (χ3n) is 5.31. The molecule has 31 heavy (non-hydrogen) atoms. The largest absolute Gasteiger partial charge is 0.459 e. The number of nitrogens with zero attached hydrogens (tertiary/aromatic N) is 1. The van der Waals surface area contributed by atoms with Crippen molar-refractivity contribution in [2.24, 2.45) is 0 Å². The van der Waals surface area contributed by atoms with Gasteiger partial charge in [0.1, 0.15) is 10.8 Å². The number of nitrogens with one attached hydrogen (secondary N) is 2. The molecule has 1 aromatic carbocycles. The number of benzene rings is 1. The second-order valence-corrected chi connectivity index (χ2v) is 8.89. The van der Waals surface area contributed by atoms with Gasteiger partial charge in [-0.2, -0.15) is 0 Å². The van der Waals surface area contributed by atoms with Crippen molar-refractivity contribution in [3.05, 3.63) is 99.4 Å². The van der Waals surface area contributed by atoms with Crippen molar-refractivity contribution in [1.82, 2.24) is 4.98 Å². The molecule has 0 spiro atoms. The zero-order chi connectivity index (χ0) is 22.0. The number of rotatable bonds is 6. The summed E-state index contributed by atoms with van der Waals surface area (Å²) < 4.78 is 5.28. The summed E-state index contributed by atoms with van der Waals surface area (Å²) in [5, 5.41) is 7.46. The van der Waals surface area contributed by atoms with E-state index in [-0.39, 0.29) is 17.7 Å². The maximum Gasteiger partial charge on any atom is 0.291 e. The molecule has 0 bridgehead atoms. The van der Waals surface area contributed by atoms with Crippen molar-refractivity contribution in [3.8, 4) is 0 Å². The first-order valence-corrected chi connectivity index (χ1v) is 10.9. The third-order valence-corrected chi connectivity index (χ3v) is 6.45. The van der Waals surface area contributed by atoms with Crippen LogP contribution in [0.15, 0.2) is 65.4 Å². The van der Waals surface area contributed by atoms with E-state index < -0.39 is 0 Å². The van der Waals surface area contributed by atoms with Crippen LogP contribution in [-0.2, 0) is 0 Å². The second kappa shape index (κ2) is 8.78. The highest BCUT2D eigenvalue weighted by Crippen LogP contribution is 2.41. The van der Waals surface area contributed by atoms with Gasteiger partial charge in [0.15, 0.2) is 5.76 Å². The quantitative estimate of drug-likeness (QED) is 0.369. The van der Waals surface area contributed by atoms with Crippen LogP contribution >= 0.6 is 11.3 Å². The van der Waals surface area contributed by atoms with Gasteiger partial charge in [-0.25, -0.2) is 4.98 Å². The van der Waals surface area contributed by atoms with E-state index in [1.54, 1.807) is 29.7 Å². The summed E-state index contributed by atoms with van der Waals surface area (Å²) in [5.74, 6) is 0.816. The fourth-order valence-electron chi connectivity index (χ4n) is 3.50. The van der Waals surface area contributed by atoms with E-state index in [2.05, 4.69) is 60.7 Å². The molecule has 3 heterocycles. The molecule has 6 heteroatoms. The van der Waals surface area contributed by atoms with E-state index in [0.29, 0.717) is 0 Å². The third kappa shape index (κ3) is 4.54. The van der Waals surface area contributed by atoms with E-state index in [0.717, 1.165) is 37.9 Å². The molecule has 0 saturated carbocycles. The van der Waals surface area contributed by atoms with Crippen LogP contribution in [0.5, 0.6) is 0 Å². The van der Waals surface area contributed by atoms with E-state index >= 15 is 0 Å². The van der Waals surface area contributed by atoms with Crippen LogP contribution in [0.2, 0.25) is 0 Å². The van der Waals surface area contributed by atoms with E-state index in [1.165, 1.54) is 11.8 Å². The maximum atomic E-state index is 12.7. The maximum absolute atomic E-state index is 12.7. The number of furan rings is 1. The van der Waals surface area contributed by atoms with Gasteiger partial charge in [-0.3, -0.25) is 4.79 Å². The van der Waals surface area contributed by atoms with Gasteiger partial charge in [-0.1, -0.05) is 29.8 Å². The lowest BCUT2D eigenvalue weighted by molar-refractivity contribution is 0.0997. The van der Waals surface area contributed by atoms with Crippen LogP contribution in [0.3, 0.4) is 0 Å². The molecule has 0 unspecified atom stereocenters. The summed E-state index contributed by atoms with van der Waals surface area (Å²) in [7, 11) is 0. The molecule has 1 atom stereocenters. The fourth-order valence-corrected chi connectivity index (χ4v) is 4.60. The number of aryl methyl sites for hydroxylation is 3. The van der Waals surface area contributed by atoms with Gasteiger partial charge in [-0.15, -0.1) is 11.3 Å². The lowest BCUT2D eigenvalue weighted by Crippen LogP contribution is -2.17. The molecule has 0 aliphatic rings. The zero-order valence-electron chi connectivity index (χ0n) is 18.0. The topological polar surface area (TPSA) is 67.2 Å². The average molecular weight is 432 g/mol. The number of carbonyl (C=O) groups excluding carboxylic acids is 1. The number of hydrogen-bond donors (Lipinski definition) is 2. The van der Waals surface area contributed by atoms with E-state index in [9.17, 15) is 4.79 Å². The van der Waals surface area contributed by atoms with Gasteiger partial charge in [0.25, 0.3) is 5.91 Å². The van der Waals surface area contributed by atoms with Gasteiger partial charge in [0.05, 0.1) is 12.3 Å². The predicted molar refractivity (Wildman–Crippen MR) is 126 cm³/mol. The Morgan fingerprint density at radius 3 is 2.48 bits per heavy atom. The van der Waals surface area contributed by atoms with Gasteiger partial charge in [0.2, 0.25) is 0 Å². The fraction of sp³-hybridized carbons (Fsp3) is 0.200. The summed E-state index contributed by atoms with van der Waals surface area (Å²) in [6.45, 7) is 8.28. The molecule has 2 N–H and O–H groups in total. The smallest absolute Gasteiger partial charge is 0.291 e. The highest BCUT2D eigenvalue weighted by molar-refractivity contribution is 7.16. The van der Waals surface area contributed by atoms with Crippen LogP contribution in [0, 0.1) is 27.7 Å². The highest BCUT2D eigenvalue weighted by atomic mass is 32.1. The Bertz CT molecular complexity index is 1190. The molecule has 0 aliphatic carbocycles. The average Bonchev–Trinajstić information content (AvgIpc) is 3.37. The predicted octanol–water partition coefficient (Wildman–Crippen LogP) is 6.42. The minimum Gasteiger partial charge on any atom is -0.459 e.